The zero-order valence-electron chi connectivity index (χ0n) is 15.0. The fourth-order valence-electron chi connectivity index (χ4n) is 2.78. The van der Waals surface area contributed by atoms with E-state index in [1.165, 1.54) is 0 Å². The lowest BCUT2D eigenvalue weighted by Gasteiger charge is -2.41. The minimum Gasteiger partial charge on any atom is -0.245 e. The first-order valence-electron chi connectivity index (χ1n) is 7.91. The SMILES string of the molecule is CC(C)[SiH](C(C)C)C(F)C(F)(F)C(F)(F)C(F)(F)C(F)(F)C(F)C(F)C(F)F. The molecule has 0 spiro atoms. The summed E-state index contributed by atoms with van der Waals surface area (Å²) in [5.41, 5.74) is -1.98. The number of hydrogen-bond acceptors (Lipinski definition) is 0. The van der Waals surface area contributed by atoms with Crippen LogP contribution in [0.4, 0.5) is 57.1 Å². The Bertz CT molecular complexity index is 497. The van der Waals surface area contributed by atoms with Crippen LogP contribution in [0.25, 0.3) is 0 Å². The Labute approximate surface area is 154 Å². The molecule has 0 aromatic heterocycles. The number of rotatable bonds is 10. The highest BCUT2D eigenvalue weighted by atomic mass is 28.3. The molecular formula is C14H19F13Si. The fraction of sp³-hybridized carbons (Fsp3) is 1.00. The molecule has 28 heavy (non-hydrogen) atoms. The molecule has 0 aromatic carbocycles. The Hall–Kier alpha value is -0.693. The van der Waals surface area contributed by atoms with Gasteiger partial charge in [-0.3, -0.25) is 0 Å². The van der Waals surface area contributed by atoms with Crippen LogP contribution in [0.1, 0.15) is 27.7 Å². The second kappa shape index (κ2) is 8.58. The Morgan fingerprint density at radius 2 is 0.893 bits per heavy atom. The third-order valence-electron chi connectivity index (χ3n) is 4.32. The maximum absolute atomic E-state index is 14.2. The van der Waals surface area contributed by atoms with E-state index in [0.29, 0.717) is 0 Å². The molecule has 0 fully saturated rings. The van der Waals surface area contributed by atoms with Gasteiger partial charge in [0.25, 0.3) is 6.43 Å². The smallest absolute Gasteiger partial charge is 0.245 e. The molecular weight excluding hydrogens is 443 g/mol. The molecule has 0 aromatic rings. The Balaban J connectivity index is 6.23. The summed E-state index contributed by atoms with van der Waals surface area (Å²) in [6.07, 6.45) is -14.5. The first-order chi connectivity index (χ1) is 12.2. The molecule has 0 bridgehead atoms. The van der Waals surface area contributed by atoms with Gasteiger partial charge >= 0.3 is 23.7 Å². The summed E-state index contributed by atoms with van der Waals surface area (Å²) in [5, 5.41) is 0. The third kappa shape index (κ3) is 4.40. The van der Waals surface area contributed by atoms with Crippen LogP contribution < -0.4 is 0 Å². The van der Waals surface area contributed by atoms with Crippen molar-refractivity contribution in [1.82, 2.24) is 0 Å². The normalized spacial score (nSPS) is 18.3. The van der Waals surface area contributed by atoms with Crippen molar-refractivity contribution in [2.45, 2.75) is 87.0 Å². The van der Waals surface area contributed by atoms with Crippen LogP contribution in [0.5, 0.6) is 0 Å². The average molecular weight is 462 g/mol. The fourth-order valence-corrected chi connectivity index (χ4v) is 6.36. The molecule has 0 saturated heterocycles. The van der Waals surface area contributed by atoms with Crippen molar-refractivity contribution in [2.75, 3.05) is 0 Å². The lowest BCUT2D eigenvalue weighted by Crippen LogP contribution is -2.69. The Morgan fingerprint density at radius 1 is 0.571 bits per heavy atom. The standard InChI is InChI=1S/C14H19F13Si/c1-5(2)28(6(3)4)10(19)12(22,23)14(26,27)13(24,25)11(20,21)8(16)7(15)9(17)18/h5-10,28H,1-4H3. The van der Waals surface area contributed by atoms with Gasteiger partial charge in [0.05, 0.1) is 8.80 Å². The highest BCUT2D eigenvalue weighted by Crippen LogP contribution is 2.57. The van der Waals surface area contributed by atoms with Crippen molar-refractivity contribution in [3.63, 3.8) is 0 Å². The monoisotopic (exact) mass is 462 g/mol. The van der Waals surface area contributed by atoms with Gasteiger partial charge in [-0.25, -0.2) is 22.0 Å². The van der Waals surface area contributed by atoms with Crippen LogP contribution >= 0.6 is 0 Å². The Morgan fingerprint density at radius 3 is 1.18 bits per heavy atom. The maximum atomic E-state index is 14.2. The van der Waals surface area contributed by atoms with E-state index in [-0.39, 0.29) is 0 Å². The van der Waals surface area contributed by atoms with Crippen LogP contribution in [-0.4, -0.2) is 57.1 Å². The van der Waals surface area contributed by atoms with Gasteiger partial charge in [0, 0.05) is 0 Å². The molecule has 0 radical (unpaired) electrons. The maximum Gasteiger partial charge on any atom is 0.381 e. The van der Waals surface area contributed by atoms with Crippen molar-refractivity contribution in [3.05, 3.63) is 0 Å². The summed E-state index contributed by atoms with van der Waals surface area (Å²) in [5.74, 6) is -31.9. The van der Waals surface area contributed by atoms with E-state index in [9.17, 15) is 57.1 Å². The first-order valence-corrected chi connectivity index (χ1v) is 9.91. The van der Waals surface area contributed by atoms with E-state index < -0.39 is 68.1 Å². The van der Waals surface area contributed by atoms with Crippen LogP contribution in [0.3, 0.4) is 0 Å². The van der Waals surface area contributed by atoms with Gasteiger partial charge in [-0.05, 0) is 0 Å². The zero-order chi connectivity index (χ0) is 23.0. The van der Waals surface area contributed by atoms with Gasteiger partial charge in [-0.2, -0.15) is 35.1 Å². The summed E-state index contributed by atoms with van der Waals surface area (Å²) < 4.78 is 173. The van der Waals surface area contributed by atoms with Crippen molar-refractivity contribution in [3.8, 4) is 0 Å². The van der Waals surface area contributed by atoms with Gasteiger partial charge < -0.3 is 0 Å². The highest BCUT2D eigenvalue weighted by Gasteiger charge is 2.85. The molecule has 0 N–H and O–H groups in total. The zero-order valence-corrected chi connectivity index (χ0v) is 16.1. The molecule has 0 heterocycles. The largest absolute Gasteiger partial charge is 0.381 e. The molecule has 3 unspecified atom stereocenters. The molecule has 0 rings (SSSR count). The lowest BCUT2D eigenvalue weighted by molar-refractivity contribution is -0.383. The second-order valence-electron chi connectivity index (χ2n) is 7.04. The number of hydrogen-bond donors (Lipinski definition) is 0. The molecule has 0 aliphatic heterocycles. The number of alkyl halides is 13. The van der Waals surface area contributed by atoms with E-state index in [1.54, 1.807) is 0 Å². The van der Waals surface area contributed by atoms with E-state index >= 15 is 0 Å². The lowest BCUT2D eigenvalue weighted by atomic mass is 9.94. The first kappa shape index (κ1) is 27.3. The molecule has 0 nitrogen and oxygen atoms in total. The van der Waals surface area contributed by atoms with Crippen molar-refractivity contribution in [2.24, 2.45) is 0 Å². The summed E-state index contributed by atoms with van der Waals surface area (Å²) >= 11 is 0. The molecule has 170 valence electrons. The van der Waals surface area contributed by atoms with Gasteiger partial charge in [0.1, 0.15) is 0 Å². The minimum absolute atomic E-state index is 0.992. The van der Waals surface area contributed by atoms with Crippen LogP contribution in [-0.2, 0) is 0 Å². The summed E-state index contributed by atoms with van der Waals surface area (Å²) in [4.78, 5) is 0. The molecule has 0 aliphatic carbocycles. The van der Waals surface area contributed by atoms with Gasteiger partial charge in [-0.15, -0.1) is 0 Å². The second-order valence-corrected chi connectivity index (χ2v) is 11.4. The van der Waals surface area contributed by atoms with Gasteiger partial charge in [-0.1, -0.05) is 38.8 Å². The summed E-state index contributed by atoms with van der Waals surface area (Å²) in [6, 6.07) is 0. The molecule has 0 saturated carbocycles. The van der Waals surface area contributed by atoms with Crippen LogP contribution in [0, 0.1) is 0 Å². The van der Waals surface area contributed by atoms with Gasteiger partial charge in [0.15, 0.2) is 12.0 Å². The summed E-state index contributed by atoms with van der Waals surface area (Å²) in [7, 11) is -3.65. The van der Waals surface area contributed by atoms with Crippen molar-refractivity contribution < 1.29 is 57.1 Å². The van der Waals surface area contributed by atoms with Crippen molar-refractivity contribution >= 4 is 8.80 Å². The van der Waals surface area contributed by atoms with Gasteiger partial charge in [0.2, 0.25) is 6.17 Å². The van der Waals surface area contributed by atoms with E-state index in [0.717, 1.165) is 27.7 Å². The molecule has 0 aliphatic rings. The van der Waals surface area contributed by atoms with Crippen LogP contribution in [0.15, 0.2) is 0 Å². The van der Waals surface area contributed by atoms with E-state index in [2.05, 4.69) is 0 Å². The minimum atomic E-state index is -7.38. The molecule has 0 amide bonds. The average Bonchev–Trinajstić information content (AvgIpc) is 2.51. The predicted molar refractivity (Wildman–Crippen MR) is 77.8 cm³/mol. The Kier molecular flexibility index (Phi) is 8.37. The quantitative estimate of drug-likeness (QED) is 0.261. The summed E-state index contributed by atoms with van der Waals surface area (Å²) in [6.45, 7) is 4.55. The van der Waals surface area contributed by atoms with E-state index in [4.69, 9.17) is 0 Å². The molecule has 14 heteroatoms. The highest BCUT2D eigenvalue weighted by molar-refractivity contribution is 6.63. The molecule has 3 atom stereocenters. The van der Waals surface area contributed by atoms with Crippen LogP contribution in [0.2, 0.25) is 11.1 Å². The van der Waals surface area contributed by atoms with E-state index in [1.807, 2.05) is 0 Å². The third-order valence-corrected chi connectivity index (χ3v) is 8.50. The number of halogens is 13. The van der Waals surface area contributed by atoms with Crippen molar-refractivity contribution in [1.29, 1.82) is 0 Å². The predicted octanol–water partition coefficient (Wildman–Crippen LogP) is 6.39. The topological polar surface area (TPSA) is 0 Å².